The number of phenols is 1. The van der Waals surface area contributed by atoms with Gasteiger partial charge in [0.15, 0.2) is 5.65 Å². The highest BCUT2D eigenvalue weighted by Crippen LogP contribution is 2.27. The lowest BCUT2D eigenvalue weighted by atomic mass is 10.0. The van der Waals surface area contributed by atoms with Gasteiger partial charge in [0.25, 0.3) is 5.56 Å². The molecular weight excluding hydrogens is 292 g/mol. The quantitative estimate of drug-likeness (QED) is 0.778. The van der Waals surface area contributed by atoms with Crippen molar-refractivity contribution < 1.29 is 5.11 Å². The summed E-state index contributed by atoms with van der Waals surface area (Å²) < 4.78 is 1.53. The zero-order valence-corrected chi connectivity index (χ0v) is 12.7. The normalized spacial score (nSPS) is 15.5. The molecule has 0 aliphatic heterocycles. The Labute approximate surface area is 132 Å². The number of rotatable bonds is 3. The third-order valence-corrected chi connectivity index (χ3v) is 4.55. The Kier molecular flexibility index (Phi) is 3.37. The number of aromatic amines is 1. The number of fused-ring (bicyclic) bond motifs is 1. The smallest absolute Gasteiger partial charge is 0.262 e. The van der Waals surface area contributed by atoms with Crippen molar-refractivity contribution in [3.8, 4) is 11.4 Å². The van der Waals surface area contributed by atoms with Gasteiger partial charge in [-0.1, -0.05) is 37.8 Å². The fourth-order valence-corrected chi connectivity index (χ4v) is 3.37. The molecule has 1 aromatic carbocycles. The Bertz CT molecular complexity index is 906. The Morgan fingerprint density at radius 1 is 1.26 bits per heavy atom. The van der Waals surface area contributed by atoms with E-state index in [0.29, 0.717) is 28.5 Å². The van der Waals surface area contributed by atoms with Gasteiger partial charge in [-0.15, -0.1) is 0 Å². The summed E-state index contributed by atoms with van der Waals surface area (Å²) in [6.07, 6.45) is 7.19. The molecule has 4 rings (SSSR count). The summed E-state index contributed by atoms with van der Waals surface area (Å²) in [6.45, 7) is 0. The minimum Gasteiger partial charge on any atom is -0.506 e. The Balaban J connectivity index is 1.82. The lowest BCUT2D eigenvalue weighted by Crippen LogP contribution is -2.14. The van der Waals surface area contributed by atoms with Gasteiger partial charge in [0.05, 0.1) is 6.20 Å². The standard InChI is InChI=1S/C17H18N4O2/c22-14-8-4-3-7-13(14)21-16-12(10-18-21)17(23)20-15(19-16)9-11-5-1-2-6-11/h3-4,7-8,10-11,22H,1-2,5-6,9H2,(H,19,20,23). The van der Waals surface area contributed by atoms with Crippen LogP contribution in [0.1, 0.15) is 31.5 Å². The van der Waals surface area contributed by atoms with Crippen LogP contribution < -0.4 is 5.56 Å². The van der Waals surface area contributed by atoms with Gasteiger partial charge in [-0.3, -0.25) is 4.79 Å². The van der Waals surface area contributed by atoms with E-state index in [9.17, 15) is 9.90 Å². The van der Waals surface area contributed by atoms with Crippen molar-refractivity contribution in [2.24, 2.45) is 5.92 Å². The number of phenolic OH excluding ortho intramolecular Hbond substituents is 1. The molecule has 6 heteroatoms. The van der Waals surface area contributed by atoms with Crippen LogP contribution in [0.5, 0.6) is 5.75 Å². The maximum atomic E-state index is 12.3. The summed E-state index contributed by atoms with van der Waals surface area (Å²) >= 11 is 0. The van der Waals surface area contributed by atoms with Crippen molar-refractivity contribution in [3.63, 3.8) is 0 Å². The largest absolute Gasteiger partial charge is 0.506 e. The number of hydrogen-bond donors (Lipinski definition) is 2. The number of aromatic hydroxyl groups is 1. The number of hydrogen-bond acceptors (Lipinski definition) is 4. The molecule has 2 heterocycles. The van der Waals surface area contributed by atoms with Crippen LogP contribution in [0.4, 0.5) is 0 Å². The van der Waals surface area contributed by atoms with Gasteiger partial charge < -0.3 is 10.1 Å². The van der Waals surface area contributed by atoms with Crippen LogP contribution >= 0.6 is 0 Å². The maximum Gasteiger partial charge on any atom is 0.262 e. The van der Waals surface area contributed by atoms with Gasteiger partial charge in [0.1, 0.15) is 22.6 Å². The molecule has 0 unspecified atom stereocenters. The first-order valence-corrected chi connectivity index (χ1v) is 7.97. The van der Waals surface area contributed by atoms with Gasteiger partial charge in [0, 0.05) is 6.42 Å². The minimum absolute atomic E-state index is 0.108. The molecule has 118 valence electrons. The van der Waals surface area contributed by atoms with Crippen LogP contribution in [0.3, 0.4) is 0 Å². The first kappa shape index (κ1) is 14.0. The highest BCUT2D eigenvalue weighted by atomic mass is 16.3. The van der Waals surface area contributed by atoms with Gasteiger partial charge in [-0.05, 0) is 18.1 Å². The molecule has 1 aliphatic rings. The number of nitrogens with one attached hydrogen (secondary N) is 1. The van der Waals surface area contributed by atoms with Crippen molar-refractivity contribution >= 4 is 11.0 Å². The molecule has 2 N–H and O–H groups in total. The summed E-state index contributed by atoms with van der Waals surface area (Å²) in [5.41, 5.74) is 0.834. The number of para-hydroxylation sites is 2. The van der Waals surface area contributed by atoms with E-state index in [0.717, 1.165) is 6.42 Å². The number of H-pyrrole nitrogens is 1. The Morgan fingerprint density at radius 3 is 2.83 bits per heavy atom. The van der Waals surface area contributed by atoms with Crippen LogP contribution in [0.15, 0.2) is 35.3 Å². The molecule has 0 saturated heterocycles. The number of benzene rings is 1. The monoisotopic (exact) mass is 310 g/mol. The molecule has 1 aliphatic carbocycles. The predicted molar refractivity (Wildman–Crippen MR) is 86.8 cm³/mol. The van der Waals surface area contributed by atoms with Crippen molar-refractivity contribution in [1.29, 1.82) is 0 Å². The van der Waals surface area contributed by atoms with Crippen molar-refractivity contribution in [2.45, 2.75) is 32.1 Å². The average molecular weight is 310 g/mol. The summed E-state index contributed by atoms with van der Waals surface area (Å²) in [7, 11) is 0. The summed E-state index contributed by atoms with van der Waals surface area (Å²) in [5, 5.41) is 14.7. The van der Waals surface area contributed by atoms with Gasteiger partial charge in [-0.2, -0.15) is 5.10 Å². The van der Waals surface area contributed by atoms with E-state index < -0.39 is 0 Å². The molecule has 0 spiro atoms. The second-order valence-electron chi connectivity index (χ2n) is 6.15. The van der Waals surface area contributed by atoms with E-state index in [1.54, 1.807) is 18.2 Å². The van der Waals surface area contributed by atoms with Gasteiger partial charge >= 0.3 is 0 Å². The summed E-state index contributed by atoms with van der Waals surface area (Å²) in [5.74, 6) is 1.40. The van der Waals surface area contributed by atoms with Crippen LogP contribution in [0.2, 0.25) is 0 Å². The number of nitrogens with zero attached hydrogens (tertiary/aromatic N) is 3. The minimum atomic E-state index is -0.176. The second kappa shape index (κ2) is 5.53. The van der Waals surface area contributed by atoms with Crippen molar-refractivity contribution in [1.82, 2.24) is 19.7 Å². The molecule has 2 aromatic heterocycles. The fourth-order valence-electron chi connectivity index (χ4n) is 3.37. The highest BCUT2D eigenvalue weighted by Gasteiger charge is 2.19. The molecule has 0 amide bonds. The van der Waals surface area contributed by atoms with Crippen LogP contribution in [0, 0.1) is 5.92 Å². The van der Waals surface area contributed by atoms with E-state index in [4.69, 9.17) is 0 Å². The van der Waals surface area contributed by atoms with Crippen LogP contribution in [-0.2, 0) is 6.42 Å². The third-order valence-electron chi connectivity index (χ3n) is 4.55. The maximum absolute atomic E-state index is 12.3. The summed E-state index contributed by atoms with van der Waals surface area (Å²) in [4.78, 5) is 19.8. The topological polar surface area (TPSA) is 83.8 Å². The first-order chi connectivity index (χ1) is 11.2. The lowest BCUT2D eigenvalue weighted by molar-refractivity contribution is 0.471. The molecule has 1 fully saturated rings. The molecule has 0 atom stereocenters. The average Bonchev–Trinajstić information content (AvgIpc) is 3.18. The molecule has 0 bridgehead atoms. The zero-order valence-electron chi connectivity index (χ0n) is 12.7. The highest BCUT2D eigenvalue weighted by molar-refractivity contribution is 5.75. The van der Waals surface area contributed by atoms with E-state index in [2.05, 4.69) is 15.1 Å². The van der Waals surface area contributed by atoms with E-state index in [1.165, 1.54) is 36.6 Å². The van der Waals surface area contributed by atoms with E-state index in [1.807, 2.05) is 6.07 Å². The first-order valence-electron chi connectivity index (χ1n) is 7.97. The second-order valence-corrected chi connectivity index (χ2v) is 6.15. The van der Waals surface area contributed by atoms with Crippen LogP contribution in [-0.4, -0.2) is 24.9 Å². The Hall–Kier alpha value is -2.63. The van der Waals surface area contributed by atoms with Crippen molar-refractivity contribution in [2.75, 3.05) is 0 Å². The fraction of sp³-hybridized carbons (Fsp3) is 0.353. The molecule has 3 aromatic rings. The molecule has 23 heavy (non-hydrogen) atoms. The molecule has 1 saturated carbocycles. The number of aromatic nitrogens is 4. The summed E-state index contributed by atoms with van der Waals surface area (Å²) in [6, 6.07) is 6.90. The lowest BCUT2D eigenvalue weighted by Gasteiger charge is -2.09. The SMILES string of the molecule is O=c1[nH]c(CC2CCCC2)nc2c1cnn2-c1ccccc1O. The predicted octanol–water partition coefficient (Wildman–Crippen LogP) is 2.55. The van der Waals surface area contributed by atoms with Gasteiger partial charge in [0.2, 0.25) is 0 Å². The zero-order chi connectivity index (χ0) is 15.8. The van der Waals surface area contributed by atoms with Crippen LogP contribution in [0.25, 0.3) is 16.7 Å². The van der Waals surface area contributed by atoms with E-state index in [-0.39, 0.29) is 11.3 Å². The van der Waals surface area contributed by atoms with E-state index >= 15 is 0 Å². The molecule has 6 nitrogen and oxygen atoms in total. The third kappa shape index (κ3) is 2.50. The van der Waals surface area contributed by atoms with Gasteiger partial charge in [-0.25, -0.2) is 9.67 Å². The molecular formula is C17H18N4O2. The molecule has 0 radical (unpaired) electrons. The van der Waals surface area contributed by atoms with Crippen molar-refractivity contribution in [3.05, 3.63) is 46.6 Å². The Morgan fingerprint density at radius 2 is 2.04 bits per heavy atom.